The number of hydrogen-bond acceptors (Lipinski definition) is 2. The standard InChI is InChI=1S/C10H6ClFO3/c11-6-3-1-2-5-4-7(15-9(5)6)8(12)10(13)14/h1-4,8H,(H,13,14). The summed E-state index contributed by atoms with van der Waals surface area (Å²) in [5.41, 5.74) is 0.304. The number of para-hydroxylation sites is 1. The van der Waals surface area contributed by atoms with E-state index in [-0.39, 0.29) is 5.76 Å². The molecule has 0 saturated heterocycles. The maximum Gasteiger partial charge on any atom is 0.346 e. The van der Waals surface area contributed by atoms with Crippen LogP contribution >= 0.6 is 11.6 Å². The largest absolute Gasteiger partial charge is 0.479 e. The molecule has 0 spiro atoms. The number of halogens is 2. The molecule has 2 rings (SSSR count). The third-order valence-electron chi connectivity index (χ3n) is 1.98. The van der Waals surface area contributed by atoms with Crippen molar-refractivity contribution >= 4 is 28.5 Å². The second-order valence-corrected chi connectivity index (χ2v) is 3.41. The first-order valence-corrected chi connectivity index (χ1v) is 4.52. The maximum atomic E-state index is 13.1. The average molecular weight is 229 g/mol. The Bertz CT molecular complexity index is 520. The second kappa shape index (κ2) is 3.55. The summed E-state index contributed by atoms with van der Waals surface area (Å²) in [6.07, 6.45) is -2.16. The Morgan fingerprint density at radius 2 is 2.27 bits per heavy atom. The molecule has 1 unspecified atom stereocenters. The minimum absolute atomic E-state index is 0.245. The van der Waals surface area contributed by atoms with Gasteiger partial charge in [-0.05, 0) is 12.1 Å². The van der Waals surface area contributed by atoms with E-state index in [0.717, 1.165) is 0 Å². The van der Waals surface area contributed by atoms with Crippen molar-refractivity contribution in [1.82, 2.24) is 0 Å². The van der Waals surface area contributed by atoms with Crippen molar-refractivity contribution in [1.29, 1.82) is 0 Å². The summed E-state index contributed by atoms with van der Waals surface area (Å²) in [4.78, 5) is 10.4. The summed E-state index contributed by atoms with van der Waals surface area (Å²) in [5.74, 6) is -1.82. The topological polar surface area (TPSA) is 50.4 Å². The van der Waals surface area contributed by atoms with Gasteiger partial charge in [0.15, 0.2) is 11.3 Å². The number of carboxylic acid groups (broad SMARTS) is 1. The third kappa shape index (κ3) is 1.68. The van der Waals surface area contributed by atoms with Crippen LogP contribution in [0.1, 0.15) is 11.9 Å². The molecule has 5 heteroatoms. The van der Waals surface area contributed by atoms with Crippen molar-refractivity contribution in [2.24, 2.45) is 0 Å². The van der Waals surface area contributed by atoms with Crippen molar-refractivity contribution < 1.29 is 18.7 Å². The third-order valence-corrected chi connectivity index (χ3v) is 2.28. The van der Waals surface area contributed by atoms with E-state index in [9.17, 15) is 9.18 Å². The lowest BCUT2D eigenvalue weighted by molar-refractivity contribution is -0.143. The van der Waals surface area contributed by atoms with Gasteiger partial charge in [-0.1, -0.05) is 23.7 Å². The number of hydrogen-bond donors (Lipinski definition) is 1. The van der Waals surface area contributed by atoms with Crippen LogP contribution in [0.15, 0.2) is 28.7 Å². The van der Waals surface area contributed by atoms with Gasteiger partial charge in [-0.15, -0.1) is 0 Å². The highest BCUT2D eigenvalue weighted by molar-refractivity contribution is 6.34. The summed E-state index contributed by atoms with van der Waals surface area (Å²) < 4.78 is 18.1. The molecule has 1 heterocycles. The lowest BCUT2D eigenvalue weighted by atomic mass is 10.2. The van der Waals surface area contributed by atoms with Crippen LogP contribution in [0.2, 0.25) is 5.02 Å². The maximum absolute atomic E-state index is 13.1. The first kappa shape index (κ1) is 9.98. The van der Waals surface area contributed by atoms with Crippen LogP contribution in [0, 0.1) is 0 Å². The molecule has 0 amide bonds. The van der Waals surface area contributed by atoms with Crippen LogP contribution in [0.3, 0.4) is 0 Å². The Hall–Kier alpha value is -1.55. The summed E-state index contributed by atoms with van der Waals surface area (Å²) in [5, 5.41) is 9.38. The van der Waals surface area contributed by atoms with Crippen LogP contribution in [0.25, 0.3) is 11.0 Å². The molecule has 1 aromatic heterocycles. The molecule has 0 aliphatic rings. The smallest absolute Gasteiger partial charge is 0.346 e. The Morgan fingerprint density at radius 1 is 1.53 bits per heavy atom. The van der Waals surface area contributed by atoms with Gasteiger partial charge >= 0.3 is 5.97 Å². The van der Waals surface area contributed by atoms with Gasteiger partial charge in [-0.2, -0.15) is 0 Å². The minimum atomic E-state index is -2.16. The minimum Gasteiger partial charge on any atom is -0.479 e. The van der Waals surface area contributed by atoms with Crippen molar-refractivity contribution in [3.05, 3.63) is 35.0 Å². The number of carboxylic acids is 1. The summed E-state index contributed by atoms with van der Waals surface area (Å²) in [7, 11) is 0. The summed E-state index contributed by atoms with van der Waals surface area (Å²) in [6.45, 7) is 0. The number of alkyl halides is 1. The van der Waals surface area contributed by atoms with Crippen LogP contribution < -0.4 is 0 Å². The van der Waals surface area contributed by atoms with E-state index in [1.54, 1.807) is 18.2 Å². The van der Waals surface area contributed by atoms with Gasteiger partial charge in [0.1, 0.15) is 0 Å². The first-order valence-electron chi connectivity index (χ1n) is 4.14. The molecule has 0 saturated carbocycles. The second-order valence-electron chi connectivity index (χ2n) is 3.01. The van der Waals surface area contributed by atoms with Crippen molar-refractivity contribution in [2.75, 3.05) is 0 Å². The molecule has 0 fully saturated rings. The lowest BCUT2D eigenvalue weighted by Gasteiger charge is -1.96. The molecule has 0 bridgehead atoms. The van der Waals surface area contributed by atoms with Crippen LogP contribution in [-0.4, -0.2) is 11.1 Å². The fraction of sp³-hybridized carbons (Fsp3) is 0.100. The normalized spacial score (nSPS) is 12.9. The van der Waals surface area contributed by atoms with Gasteiger partial charge in [0.25, 0.3) is 6.17 Å². The number of furan rings is 1. The highest BCUT2D eigenvalue weighted by atomic mass is 35.5. The Kier molecular flexibility index (Phi) is 2.36. The van der Waals surface area contributed by atoms with E-state index >= 15 is 0 Å². The highest BCUT2D eigenvalue weighted by Gasteiger charge is 2.23. The number of aliphatic carboxylic acids is 1. The van der Waals surface area contributed by atoms with Crippen LogP contribution in [-0.2, 0) is 4.79 Å². The monoisotopic (exact) mass is 228 g/mol. The van der Waals surface area contributed by atoms with Crippen LogP contribution in [0.5, 0.6) is 0 Å². The molecular formula is C10H6ClFO3. The van der Waals surface area contributed by atoms with Crippen LogP contribution in [0.4, 0.5) is 4.39 Å². The molecule has 2 aromatic rings. The van der Waals surface area contributed by atoms with Gasteiger partial charge in [-0.3, -0.25) is 0 Å². The van der Waals surface area contributed by atoms with Crippen molar-refractivity contribution in [3.63, 3.8) is 0 Å². The zero-order valence-electron chi connectivity index (χ0n) is 7.41. The molecule has 1 atom stereocenters. The van der Waals surface area contributed by atoms with E-state index in [0.29, 0.717) is 16.0 Å². The zero-order valence-corrected chi connectivity index (χ0v) is 8.16. The molecule has 3 nitrogen and oxygen atoms in total. The molecular weight excluding hydrogens is 223 g/mol. The first-order chi connectivity index (χ1) is 7.09. The van der Waals surface area contributed by atoms with E-state index < -0.39 is 12.1 Å². The van der Waals surface area contributed by atoms with E-state index in [2.05, 4.69) is 0 Å². The van der Waals surface area contributed by atoms with Gasteiger partial charge < -0.3 is 9.52 Å². The fourth-order valence-electron chi connectivity index (χ4n) is 1.29. The SMILES string of the molecule is O=C(O)C(F)c1cc2cccc(Cl)c2o1. The van der Waals surface area contributed by atoms with Gasteiger partial charge in [0.2, 0.25) is 0 Å². The van der Waals surface area contributed by atoms with Gasteiger partial charge in [0.05, 0.1) is 5.02 Å². The quantitative estimate of drug-likeness (QED) is 0.859. The number of rotatable bonds is 2. The number of benzene rings is 1. The van der Waals surface area contributed by atoms with Gasteiger partial charge in [0, 0.05) is 5.39 Å². The molecule has 0 aliphatic heterocycles. The average Bonchev–Trinajstić information content (AvgIpc) is 2.61. The number of fused-ring (bicyclic) bond motifs is 1. The van der Waals surface area contributed by atoms with E-state index in [4.69, 9.17) is 21.1 Å². The summed E-state index contributed by atoms with van der Waals surface area (Å²) >= 11 is 5.79. The fourth-order valence-corrected chi connectivity index (χ4v) is 1.51. The Morgan fingerprint density at radius 3 is 2.87 bits per heavy atom. The molecule has 78 valence electrons. The lowest BCUT2D eigenvalue weighted by Crippen LogP contribution is -2.04. The van der Waals surface area contributed by atoms with Gasteiger partial charge in [-0.25, -0.2) is 9.18 Å². The van der Waals surface area contributed by atoms with Crippen molar-refractivity contribution in [3.8, 4) is 0 Å². The molecule has 15 heavy (non-hydrogen) atoms. The summed E-state index contributed by atoms with van der Waals surface area (Å²) in [6, 6.07) is 6.27. The highest BCUT2D eigenvalue weighted by Crippen LogP contribution is 2.30. The molecule has 0 radical (unpaired) electrons. The van der Waals surface area contributed by atoms with E-state index in [1.165, 1.54) is 6.07 Å². The molecule has 1 aromatic carbocycles. The zero-order chi connectivity index (χ0) is 11.0. The molecule has 1 N–H and O–H groups in total. The Balaban J connectivity index is 2.56. The molecule has 0 aliphatic carbocycles. The predicted octanol–water partition coefficient (Wildman–Crippen LogP) is 3.18. The van der Waals surface area contributed by atoms with E-state index in [1.807, 2.05) is 0 Å². The van der Waals surface area contributed by atoms with Crippen molar-refractivity contribution in [2.45, 2.75) is 6.17 Å². The number of carbonyl (C=O) groups is 1. The Labute approximate surface area is 89.1 Å². The predicted molar refractivity (Wildman–Crippen MR) is 52.7 cm³/mol.